The predicted molar refractivity (Wildman–Crippen MR) is 73.1 cm³/mol. The van der Waals surface area contributed by atoms with E-state index in [-0.39, 0.29) is 32.5 Å². The number of likely N-dealkylation sites (tertiary alicyclic amines) is 1. The van der Waals surface area contributed by atoms with E-state index in [0.717, 1.165) is 5.56 Å². The summed E-state index contributed by atoms with van der Waals surface area (Å²) >= 11 is 0. The number of piperidine rings is 1. The van der Waals surface area contributed by atoms with E-state index in [4.69, 9.17) is 9.84 Å². The third-order valence-electron chi connectivity index (χ3n) is 3.71. The van der Waals surface area contributed by atoms with Crippen molar-refractivity contribution in [3.05, 3.63) is 35.9 Å². The van der Waals surface area contributed by atoms with Gasteiger partial charge in [0.25, 0.3) is 0 Å². The number of nitriles is 1. The standard InChI is InChI=1S/C15H16N2O4/c16-11-15(6-8-17(9-7-15)14(19)20)13(18)21-10-12-4-2-1-3-5-12/h1-5H,6-10H2,(H,19,20). The number of nitrogens with zero attached hydrogens (tertiary/aromatic N) is 2. The van der Waals surface area contributed by atoms with Crippen LogP contribution >= 0.6 is 0 Å². The number of carbonyl (C=O) groups is 2. The fraction of sp³-hybridized carbons (Fsp3) is 0.400. The van der Waals surface area contributed by atoms with Gasteiger partial charge in [0.2, 0.25) is 0 Å². The Morgan fingerprint density at radius 3 is 2.43 bits per heavy atom. The molecule has 0 saturated carbocycles. The van der Waals surface area contributed by atoms with E-state index < -0.39 is 17.5 Å². The molecule has 6 nitrogen and oxygen atoms in total. The number of hydrogen-bond donors (Lipinski definition) is 1. The normalized spacial score (nSPS) is 16.8. The lowest BCUT2D eigenvalue weighted by atomic mass is 9.80. The number of esters is 1. The zero-order valence-electron chi connectivity index (χ0n) is 11.5. The van der Waals surface area contributed by atoms with Gasteiger partial charge in [0.15, 0.2) is 5.41 Å². The highest BCUT2D eigenvalue weighted by molar-refractivity contribution is 5.80. The topological polar surface area (TPSA) is 90.6 Å². The van der Waals surface area contributed by atoms with Gasteiger partial charge in [-0.15, -0.1) is 0 Å². The summed E-state index contributed by atoms with van der Waals surface area (Å²) in [7, 11) is 0. The van der Waals surface area contributed by atoms with Crippen LogP contribution in [-0.4, -0.2) is 35.2 Å². The smallest absolute Gasteiger partial charge is 0.407 e. The number of benzene rings is 1. The highest BCUT2D eigenvalue weighted by Gasteiger charge is 2.44. The molecule has 2 rings (SSSR count). The first-order valence-corrected chi connectivity index (χ1v) is 6.68. The van der Waals surface area contributed by atoms with Gasteiger partial charge in [0.1, 0.15) is 6.61 Å². The second-order valence-electron chi connectivity index (χ2n) is 5.03. The third kappa shape index (κ3) is 3.31. The molecule has 1 aromatic rings. The first kappa shape index (κ1) is 14.9. The molecule has 0 radical (unpaired) electrons. The van der Waals surface area contributed by atoms with E-state index in [9.17, 15) is 14.9 Å². The third-order valence-corrected chi connectivity index (χ3v) is 3.71. The van der Waals surface area contributed by atoms with Crippen molar-refractivity contribution in [3.63, 3.8) is 0 Å². The van der Waals surface area contributed by atoms with Gasteiger partial charge in [-0.1, -0.05) is 30.3 Å². The minimum Gasteiger partial charge on any atom is -0.465 e. The summed E-state index contributed by atoms with van der Waals surface area (Å²) in [6.45, 7) is 0.457. The molecule has 1 aliphatic heterocycles. The molecule has 0 aliphatic carbocycles. The molecule has 1 fully saturated rings. The van der Waals surface area contributed by atoms with Crippen LogP contribution in [0.25, 0.3) is 0 Å². The Morgan fingerprint density at radius 2 is 1.90 bits per heavy atom. The SMILES string of the molecule is N#CC1(C(=O)OCc2ccccc2)CCN(C(=O)O)CC1. The molecule has 1 aliphatic rings. The van der Waals surface area contributed by atoms with Crippen LogP contribution in [0.15, 0.2) is 30.3 Å². The lowest BCUT2D eigenvalue weighted by molar-refractivity contribution is -0.156. The fourth-order valence-electron chi connectivity index (χ4n) is 2.30. The van der Waals surface area contributed by atoms with Crippen molar-refractivity contribution in [1.29, 1.82) is 5.26 Å². The van der Waals surface area contributed by atoms with Crippen molar-refractivity contribution >= 4 is 12.1 Å². The number of ether oxygens (including phenoxy) is 1. The van der Waals surface area contributed by atoms with Crippen LogP contribution in [0.1, 0.15) is 18.4 Å². The highest BCUT2D eigenvalue weighted by atomic mass is 16.5. The maximum Gasteiger partial charge on any atom is 0.407 e. The van der Waals surface area contributed by atoms with Crippen molar-refractivity contribution in [2.45, 2.75) is 19.4 Å². The second-order valence-corrected chi connectivity index (χ2v) is 5.03. The van der Waals surface area contributed by atoms with E-state index in [0.29, 0.717) is 0 Å². The van der Waals surface area contributed by atoms with Crippen molar-refractivity contribution in [1.82, 2.24) is 4.90 Å². The molecule has 0 unspecified atom stereocenters. The summed E-state index contributed by atoms with van der Waals surface area (Å²) < 4.78 is 5.23. The Balaban J connectivity index is 1.96. The number of hydrogen-bond acceptors (Lipinski definition) is 4. The second kappa shape index (κ2) is 6.27. The zero-order chi connectivity index (χ0) is 15.3. The maximum absolute atomic E-state index is 12.2. The zero-order valence-corrected chi connectivity index (χ0v) is 11.5. The van der Waals surface area contributed by atoms with Crippen molar-refractivity contribution in [3.8, 4) is 6.07 Å². The van der Waals surface area contributed by atoms with Crippen molar-refractivity contribution in [2.24, 2.45) is 5.41 Å². The first-order valence-electron chi connectivity index (χ1n) is 6.68. The van der Waals surface area contributed by atoms with Gasteiger partial charge in [0, 0.05) is 13.1 Å². The highest BCUT2D eigenvalue weighted by Crippen LogP contribution is 2.32. The summed E-state index contributed by atoms with van der Waals surface area (Å²) in [5, 5.41) is 18.2. The molecule has 21 heavy (non-hydrogen) atoms. The van der Waals surface area contributed by atoms with Gasteiger partial charge in [-0.3, -0.25) is 4.79 Å². The summed E-state index contributed by atoms with van der Waals surface area (Å²) in [5.74, 6) is -0.570. The summed E-state index contributed by atoms with van der Waals surface area (Å²) in [4.78, 5) is 24.3. The van der Waals surface area contributed by atoms with Gasteiger partial charge < -0.3 is 14.7 Å². The Bertz CT molecular complexity index is 557. The lowest BCUT2D eigenvalue weighted by Crippen LogP contribution is -2.46. The number of amides is 1. The molecule has 1 aromatic carbocycles. The molecule has 1 saturated heterocycles. The monoisotopic (exact) mass is 288 g/mol. The van der Waals surface area contributed by atoms with E-state index in [1.807, 2.05) is 36.4 Å². The summed E-state index contributed by atoms with van der Waals surface area (Å²) in [6, 6.07) is 11.2. The molecule has 1 heterocycles. The van der Waals surface area contributed by atoms with Gasteiger partial charge in [0.05, 0.1) is 6.07 Å². The molecule has 1 N–H and O–H groups in total. The first-order chi connectivity index (χ1) is 10.1. The molecule has 1 amide bonds. The molecule has 0 aromatic heterocycles. The largest absolute Gasteiger partial charge is 0.465 e. The Kier molecular flexibility index (Phi) is 4.43. The van der Waals surface area contributed by atoms with E-state index in [1.54, 1.807) is 0 Å². The number of carboxylic acid groups (broad SMARTS) is 1. The van der Waals surface area contributed by atoms with Gasteiger partial charge >= 0.3 is 12.1 Å². The molecular formula is C15H16N2O4. The minimum atomic E-state index is -1.24. The van der Waals surface area contributed by atoms with Crippen molar-refractivity contribution < 1.29 is 19.4 Å². The lowest BCUT2D eigenvalue weighted by Gasteiger charge is -2.33. The number of rotatable bonds is 3. The Morgan fingerprint density at radius 1 is 1.29 bits per heavy atom. The summed E-state index contributed by atoms with van der Waals surface area (Å²) in [5.41, 5.74) is -0.386. The van der Waals surface area contributed by atoms with Crippen LogP contribution in [0.2, 0.25) is 0 Å². The molecule has 0 bridgehead atoms. The average molecular weight is 288 g/mol. The fourth-order valence-corrected chi connectivity index (χ4v) is 2.30. The van der Waals surface area contributed by atoms with Crippen LogP contribution < -0.4 is 0 Å². The van der Waals surface area contributed by atoms with Crippen LogP contribution in [0, 0.1) is 16.7 Å². The molecule has 110 valence electrons. The van der Waals surface area contributed by atoms with Gasteiger partial charge in [-0.2, -0.15) is 5.26 Å². The molecule has 0 atom stereocenters. The van der Waals surface area contributed by atoms with Gasteiger partial charge in [-0.25, -0.2) is 4.79 Å². The van der Waals surface area contributed by atoms with Crippen LogP contribution in [0.3, 0.4) is 0 Å². The van der Waals surface area contributed by atoms with E-state index in [1.165, 1.54) is 4.90 Å². The van der Waals surface area contributed by atoms with Crippen LogP contribution in [0.5, 0.6) is 0 Å². The molecular weight excluding hydrogens is 272 g/mol. The number of carbonyl (C=O) groups excluding carboxylic acids is 1. The van der Waals surface area contributed by atoms with Gasteiger partial charge in [-0.05, 0) is 18.4 Å². The maximum atomic E-state index is 12.2. The van der Waals surface area contributed by atoms with E-state index in [2.05, 4.69) is 0 Å². The summed E-state index contributed by atoms with van der Waals surface area (Å²) in [6.07, 6.45) is -0.688. The van der Waals surface area contributed by atoms with Crippen LogP contribution in [0.4, 0.5) is 4.79 Å². The van der Waals surface area contributed by atoms with Crippen LogP contribution in [-0.2, 0) is 16.1 Å². The Labute approximate surface area is 122 Å². The van der Waals surface area contributed by atoms with Crippen molar-refractivity contribution in [2.75, 3.05) is 13.1 Å². The van der Waals surface area contributed by atoms with E-state index >= 15 is 0 Å². The predicted octanol–water partition coefficient (Wildman–Crippen LogP) is 2.01. The molecule has 6 heteroatoms. The quantitative estimate of drug-likeness (QED) is 0.859. The minimum absolute atomic E-state index is 0.117. The average Bonchev–Trinajstić information content (AvgIpc) is 2.53. The molecule has 0 spiro atoms. The Hall–Kier alpha value is -2.55.